The van der Waals surface area contributed by atoms with E-state index in [4.69, 9.17) is 4.74 Å². The second-order valence-corrected chi connectivity index (χ2v) is 5.51. The lowest BCUT2D eigenvalue weighted by Gasteiger charge is -2.13. The van der Waals surface area contributed by atoms with Gasteiger partial charge in [-0.3, -0.25) is 4.21 Å². The number of ether oxygens (including phenoxy) is 1. The number of aromatic hydroxyl groups is 1. The van der Waals surface area contributed by atoms with Gasteiger partial charge in [-0.1, -0.05) is 6.07 Å². The van der Waals surface area contributed by atoms with Crippen LogP contribution in [0, 0.1) is 0 Å². The van der Waals surface area contributed by atoms with Crippen molar-refractivity contribution in [2.24, 2.45) is 0 Å². The van der Waals surface area contributed by atoms with E-state index in [1.54, 1.807) is 18.4 Å². The number of hydrogen-bond acceptors (Lipinski definition) is 4. The fraction of sp³-hybridized carbons (Fsp3) is 0.500. The molecule has 1 aromatic rings. The maximum atomic E-state index is 11.0. The van der Waals surface area contributed by atoms with Crippen LogP contribution >= 0.6 is 0 Å². The first-order chi connectivity index (χ1) is 8.02. The van der Waals surface area contributed by atoms with Gasteiger partial charge in [0.2, 0.25) is 0 Å². The number of phenolic OH excluding ortho intramolecular Hbond substituents is 1. The third-order valence-corrected chi connectivity index (χ3v) is 3.35. The largest absolute Gasteiger partial charge is 0.504 e. The Kier molecular flexibility index (Phi) is 5.44. The quantitative estimate of drug-likeness (QED) is 0.805. The smallest absolute Gasteiger partial charge is 0.160 e. The summed E-state index contributed by atoms with van der Waals surface area (Å²) in [5.41, 5.74) is 1.02. The summed E-state index contributed by atoms with van der Waals surface area (Å²) in [6.45, 7) is 2.66. The number of benzene rings is 1. The van der Waals surface area contributed by atoms with Crippen molar-refractivity contribution >= 4 is 10.8 Å². The van der Waals surface area contributed by atoms with Crippen molar-refractivity contribution in [2.45, 2.75) is 19.5 Å². The molecule has 1 aromatic carbocycles. The molecule has 0 spiro atoms. The van der Waals surface area contributed by atoms with Crippen LogP contribution in [0.3, 0.4) is 0 Å². The fourth-order valence-corrected chi connectivity index (χ4v) is 2.36. The highest BCUT2D eigenvalue weighted by Gasteiger charge is 2.06. The van der Waals surface area contributed by atoms with E-state index in [9.17, 15) is 9.32 Å². The molecule has 2 atom stereocenters. The molecule has 0 saturated carbocycles. The topological polar surface area (TPSA) is 58.6 Å². The van der Waals surface area contributed by atoms with E-state index >= 15 is 0 Å². The molecule has 5 heteroatoms. The van der Waals surface area contributed by atoms with Crippen LogP contribution in [-0.4, -0.2) is 34.5 Å². The second kappa shape index (κ2) is 6.61. The lowest BCUT2D eigenvalue weighted by atomic mass is 10.2. The summed E-state index contributed by atoms with van der Waals surface area (Å²) in [4.78, 5) is 0. The summed E-state index contributed by atoms with van der Waals surface area (Å²) < 4.78 is 16.1. The maximum Gasteiger partial charge on any atom is 0.160 e. The Balaban J connectivity index is 2.54. The number of rotatable bonds is 6. The highest BCUT2D eigenvalue weighted by atomic mass is 32.2. The van der Waals surface area contributed by atoms with Gasteiger partial charge in [-0.05, 0) is 24.6 Å². The molecule has 1 rings (SSSR count). The third-order valence-electron chi connectivity index (χ3n) is 2.38. The third kappa shape index (κ3) is 4.75. The predicted molar refractivity (Wildman–Crippen MR) is 69.9 cm³/mol. The summed E-state index contributed by atoms with van der Waals surface area (Å²) in [6.07, 6.45) is 1.70. The molecule has 0 fully saturated rings. The van der Waals surface area contributed by atoms with Crippen LogP contribution in [0.25, 0.3) is 0 Å². The zero-order valence-corrected chi connectivity index (χ0v) is 11.2. The van der Waals surface area contributed by atoms with E-state index < -0.39 is 10.8 Å². The number of nitrogens with one attached hydrogen (secondary N) is 1. The van der Waals surface area contributed by atoms with Crippen LogP contribution in [0.2, 0.25) is 0 Å². The Morgan fingerprint density at radius 1 is 1.53 bits per heavy atom. The Morgan fingerprint density at radius 3 is 2.82 bits per heavy atom. The van der Waals surface area contributed by atoms with Gasteiger partial charge in [0.25, 0.3) is 0 Å². The van der Waals surface area contributed by atoms with E-state index in [0.29, 0.717) is 18.0 Å². The van der Waals surface area contributed by atoms with Crippen LogP contribution in [0.1, 0.15) is 12.5 Å². The molecule has 0 heterocycles. The number of methoxy groups -OCH3 is 1. The predicted octanol–water partition coefficient (Wildman–Crippen LogP) is 1.26. The van der Waals surface area contributed by atoms with Crippen molar-refractivity contribution < 1.29 is 14.1 Å². The average molecular weight is 257 g/mol. The van der Waals surface area contributed by atoms with Crippen molar-refractivity contribution in [1.82, 2.24) is 5.32 Å². The van der Waals surface area contributed by atoms with Gasteiger partial charge in [-0.2, -0.15) is 0 Å². The Morgan fingerprint density at radius 2 is 2.24 bits per heavy atom. The summed E-state index contributed by atoms with van der Waals surface area (Å²) in [5, 5.41) is 12.7. The minimum absolute atomic E-state index is 0.138. The zero-order valence-electron chi connectivity index (χ0n) is 10.4. The molecule has 0 aromatic heterocycles. The molecule has 0 bridgehead atoms. The van der Waals surface area contributed by atoms with E-state index in [1.807, 2.05) is 13.0 Å². The van der Waals surface area contributed by atoms with Gasteiger partial charge in [0.1, 0.15) is 0 Å². The van der Waals surface area contributed by atoms with Gasteiger partial charge < -0.3 is 15.2 Å². The molecule has 0 aliphatic rings. The molecule has 0 saturated heterocycles. The first-order valence-corrected chi connectivity index (χ1v) is 7.15. The van der Waals surface area contributed by atoms with Crippen molar-refractivity contribution in [2.75, 3.05) is 19.1 Å². The van der Waals surface area contributed by atoms with Crippen molar-refractivity contribution in [1.29, 1.82) is 0 Å². The summed E-state index contributed by atoms with van der Waals surface area (Å²) in [5.74, 6) is 1.24. The summed E-state index contributed by atoms with van der Waals surface area (Å²) in [6, 6.07) is 5.43. The molecule has 96 valence electrons. The van der Waals surface area contributed by atoms with Crippen molar-refractivity contribution in [3.05, 3.63) is 23.8 Å². The zero-order chi connectivity index (χ0) is 12.8. The fourth-order valence-electron chi connectivity index (χ4n) is 1.54. The van der Waals surface area contributed by atoms with Crippen LogP contribution in [0.5, 0.6) is 11.5 Å². The Hall–Kier alpha value is -1.07. The van der Waals surface area contributed by atoms with Crippen LogP contribution in [0.15, 0.2) is 18.2 Å². The molecule has 2 N–H and O–H groups in total. The standard InChI is InChI=1S/C12H19NO3S/c1-9(8-17(3)15)13-7-10-4-5-11(14)12(6-10)16-2/h4-6,9,13-14H,7-8H2,1-3H3. The van der Waals surface area contributed by atoms with Crippen LogP contribution in [-0.2, 0) is 17.3 Å². The summed E-state index contributed by atoms with van der Waals surface area (Å²) >= 11 is 0. The monoisotopic (exact) mass is 257 g/mol. The molecular weight excluding hydrogens is 238 g/mol. The van der Waals surface area contributed by atoms with Crippen LogP contribution < -0.4 is 10.1 Å². The minimum Gasteiger partial charge on any atom is -0.504 e. The van der Waals surface area contributed by atoms with Gasteiger partial charge in [-0.15, -0.1) is 0 Å². The van der Waals surface area contributed by atoms with Gasteiger partial charge in [-0.25, -0.2) is 0 Å². The molecule has 17 heavy (non-hydrogen) atoms. The number of phenols is 1. The second-order valence-electron chi connectivity index (χ2n) is 4.03. The maximum absolute atomic E-state index is 11.0. The normalized spacial score (nSPS) is 14.3. The van der Waals surface area contributed by atoms with Crippen LogP contribution in [0.4, 0.5) is 0 Å². The van der Waals surface area contributed by atoms with Gasteiger partial charge in [0.15, 0.2) is 11.5 Å². The summed E-state index contributed by atoms with van der Waals surface area (Å²) in [7, 11) is 0.733. The van der Waals surface area contributed by atoms with E-state index in [-0.39, 0.29) is 11.8 Å². The highest BCUT2D eigenvalue weighted by molar-refractivity contribution is 7.84. The molecule has 4 nitrogen and oxygen atoms in total. The number of hydrogen-bond donors (Lipinski definition) is 2. The Labute approximate surface area is 104 Å². The molecular formula is C12H19NO3S. The molecule has 0 aliphatic carbocycles. The highest BCUT2D eigenvalue weighted by Crippen LogP contribution is 2.26. The average Bonchev–Trinajstić information content (AvgIpc) is 2.27. The first-order valence-electron chi connectivity index (χ1n) is 5.42. The van der Waals surface area contributed by atoms with Crippen molar-refractivity contribution in [3.63, 3.8) is 0 Å². The van der Waals surface area contributed by atoms with Crippen molar-refractivity contribution in [3.8, 4) is 11.5 Å². The Bertz CT molecular complexity index is 395. The van der Waals surface area contributed by atoms with Gasteiger partial charge in [0.05, 0.1) is 7.11 Å². The van der Waals surface area contributed by atoms with Gasteiger partial charge in [0, 0.05) is 35.4 Å². The van der Waals surface area contributed by atoms with E-state index in [1.165, 1.54) is 7.11 Å². The molecule has 2 unspecified atom stereocenters. The first kappa shape index (κ1) is 14.0. The van der Waals surface area contributed by atoms with E-state index in [2.05, 4.69) is 5.32 Å². The molecule has 0 amide bonds. The SMILES string of the molecule is COc1cc(CNC(C)CS(C)=O)ccc1O. The molecule has 0 radical (unpaired) electrons. The molecule has 0 aliphatic heterocycles. The van der Waals surface area contributed by atoms with E-state index in [0.717, 1.165) is 5.56 Å². The lowest BCUT2D eigenvalue weighted by molar-refractivity contribution is 0.372. The van der Waals surface area contributed by atoms with Gasteiger partial charge >= 0.3 is 0 Å². The minimum atomic E-state index is -0.790. The lowest BCUT2D eigenvalue weighted by Crippen LogP contribution is -2.30.